The van der Waals surface area contributed by atoms with Gasteiger partial charge in [0.2, 0.25) is 0 Å². The summed E-state index contributed by atoms with van der Waals surface area (Å²) in [6.45, 7) is 9.10. The molecule has 0 aliphatic heterocycles. The summed E-state index contributed by atoms with van der Waals surface area (Å²) in [6.07, 6.45) is 2.14. The van der Waals surface area contributed by atoms with E-state index in [2.05, 4.69) is 52.8 Å². The van der Waals surface area contributed by atoms with E-state index in [-0.39, 0.29) is 0 Å². The van der Waals surface area contributed by atoms with Crippen LogP contribution in [-0.2, 0) is 13.1 Å². The van der Waals surface area contributed by atoms with Crippen LogP contribution in [0.4, 0.5) is 11.5 Å². The summed E-state index contributed by atoms with van der Waals surface area (Å²) < 4.78 is 2.06. The molecule has 21 heavy (non-hydrogen) atoms. The number of hydrogen-bond acceptors (Lipinski definition) is 3. The van der Waals surface area contributed by atoms with Crippen LogP contribution in [0.5, 0.6) is 0 Å². The van der Waals surface area contributed by atoms with Crippen LogP contribution in [-0.4, -0.2) is 16.3 Å². The lowest BCUT2D eigenvalue weighted by Crippen LogP contribution is -2.27. The average Bonchev–Trinajstić information content (AvgIpc) is 2.75. The minimum Gasteiger partial charge on any atom is -0.394 e. The number of aryl methyl sites for hydroxylation is 2. The first-order valence-electron chi connectivity index (χ1n) is 7.79. The van der Waals surface area contributed by atoms with Gasteiger partial charge < -0.3 is 10.6 Å². The Kier molecular flexibility index (Phi) is 5.26. The van der Waals surface area contributed by atoms with Gasteiger partial charge in [-0.25, -0.2) is 4.68 Å². The number of hydrogen-bond donors (Lipinski definition) is 1. The van der Waals surface area contributed by atoms with E-state index in [4.69, 9.17) is 5.73 Å². The first kappa shape index (κ1) is 15.4. The smallest absolute Gasteiger partial charge is 0.150 e. The summed E-state index contributed by atoms with van der Waals surface area (Å²) in [6, 6.07) is 10.5. The summed E-state index contributed by atoms with van der Waals surface area (Å²) in [5.74, 6) is 1.07. The second kappa shape index (κ2) is 7.16. The monoisotopic (exact) mass is 286 g/mol. The molecule has 0 saturated heterocycles. The largest absolute Gasteiger partial charge is 0.394 e. The molecule has 1 aromatic carbocycles. The van der Waals surface area contributed by atoms with E-state index >= 15 is 0 Å². The highest BCUT2D eigenvalue weighted by Gasteiger charge is 2.18. The summed E-state index contributed by atoms with van der Waals surface area (Å²) >= 11 is 0. The molecule has 1 heterocycles. The molecule has 0 spiro atoms. The Hall–Kier alpha value is -1.97. The first-order chi connectivity index (χ1) is 10.2. The highest BCUT2D eigenvalue weighted by Crippen LogP contribution is 2.28. The van der Waals surface area contributed by atoms with E-state index in [0.29, 0.717) is 0 Å². The summed E-state index contributed by atoms with van der Waals surface area (Å²) in [5.41, 5.74) is 9.33. The number of rotatable bonds is 7. The van der Waals surface area contributed by atoms with Gasteiger partial charge >= 0.3 is 0 Å². The number of nitrogen functional groups attached to an aromatic ring is 1. The van der Waals surface area contributed by atoms with Crippen LogP contribution in [0.1, 0.15) is 37.9 Å². The van der Waals surface area contributed by atoms with Gasteiger partial charge in [0.1, 0.15) is 0 Å². The zero-order valence-electron chi connectivity index (χ0n) is 13.3. The molecular formula is C17H26N4. The van der Waals surface area contributed by atoms with Gasteiger partial charge in [0.25, 0.3) is 0 Å². The van der Waals surface area contributed by atoms with Gasteiger partial charge in [0.05, 0.1) is 11.4 Å². The molecular weight excluding hydrogens is 260 g/mol. The molecule has 0 aliphatic carbocycles. The Morgan fingerprint density at radius 1 is 1.14 bits per heavy atom. The number of aromatic nitrogens is 2. The molecule has 2 rings (SSSR count). The Morgan fingerprint density at radius 2 is 1.86 bits per heavy atom. The Bertz CT molecular complexity index is 560. The fourth-order valence-corrected chi connectivity index (χ4v) is 2.62. The van der Waals surface area contributed by atoms with E-state index in [1.807, 2.05) is 13.0 Å². The first-order valence-corrected chi connectivity index (χ1v) is 7.79. The summed E-state index contributed by atoms with van der Waals surface area (Å²) in [5, 5.41) is 4.59. The second-order valence-electron chi connectivity index (χ2n) is 5.45. The standard InChI is InChI=1S/C17H26N4/c1-4-11-20(13-15-9-7-6-8-10-15)17-16(18)14(3)19-21(17)12-5-2/h6-10H,4-5,11-13,18H2,1-3H3. The van der Waals surface area contributed by atoms with Crippen molar-refractivity contribution in [2.45, 2.75) is 46.7 Å². The molecule has 4 heteroatoms. The highest BCUT2D eigenvalue weighted by molar-refractivity contribution is 5.66. The number of anilines is 2. The maximum Gasteiger partial charge on any atom is 0.150 e. The third-order valence-corrected chi connectivity index (χ3v) is 3.59. The topological polar surface area (TPSA) is 47.1 Å². The van der Waals surface area contributed by atoms with Crippen molar-refractivity contribution in [3.05, 3.63) is 41.6 Å². The van der Waals surface area contributed by atoms with Crippen molar-refractivity contribution in [2.75, 3.05) is 17.2 Å². The normalized spacial score (nSPS) is 10.8. The number of nitrogens with two attached hydrogens (primary N) is 1. The quantitative estimate of drug-likeness (QED) is 0.846. The van der Waals surface area contributed by atoms with Crippen molar-refractivity contribution in [1.82, 2.24) is 9.78 Å². The summed E-state index contributed by atoms with van der Waals surface area (Å²) in [7, 11) is 0. The van der Waals surface area contributed by atoms with Crippen molar-refractivity contribution in [3.63, 3.8) is 0 Å². The molecule has 0 amide bonds. The van der Waals surface area contributed by atoms with Gasteiger partial charge in [-0.05, 0) is 25.3 Å². The fraction of sp³-hybridized carbons (Fsp3) is 0.471. The molecule has 0 bridgehead atoms. The van der Waals surface area contributed by atoms with Gasteiger partial charge in [0.15, 0.2) is 5.82 Å². The highest BCUT2D eigenvalue weighted by atomic mass is 15.4. The van der Waals surface area contributed by atoms with Crippen molar-refractivity contribution in [3.8, 4) is 0 Å². The van der Waals surface area contributed by atoms with E-state index < -0.39 is 0 Å². The molecule has 0 unspecified atom stereocenters. The molecule has 0 radical (unpaired) electrons. The zero-order chi connectivity index (χ0) is 15.2. The SMILES string of the molecule is CCCN(Cc1ccccc1)c1c(N)c(C)nn1CCC. The lowest BCUT2D eigenvalue weighted by Gasteiger charge is -2.25. The van der Waals surface area contributed by atoms with Crippen LogP contribution in [0.3, 0.4) is 0 Å². The second-order valence-corrected chi connectivity index (χ2v) is 5.45. The van der Waals surface area contributed by atoms with Gasteiger partial charge in [-0.2, -0.15) is 5.10 Å². The predicted octanol–water partition coefficient (Wildman–Crippen LogP) is 3.60. The average molecular weight is 286 g/mol. The zero-order valence-corrected chi connectivity index (χ0v) is 13.3. The third kappa shape index (κ3) is 3.57. The Morgan fingerprint density at radius 3 is 2.48 bits per heavy atom. The lowest BCUT2D eigenvalue weighted by atomic mass is 10.2. The molecule has 0 saturated carbocycles. The van der Waals surface area contributed by atoms with Crippen LogP contribution in [0, 0.1) is 6.92 Å². The van der Waals surface area contributed by atoms with Crippen molar-refractivity contribution in [1.29, 1.82) is 0 Å². The molecule has 0 aliphatic rings. The van der Waals surface area contributed by atoms with Crippen molar-refractivity contribution in [2.24, 2.45) is 0 Å². The van der Waals surface area contributed by atoms with Crippen LogP contribution in [0.2, 0.25) is 0 Å². The maximum absolute atomic E-state index is 6.29. The summed E-state index contributed by atoms with van der Waals surface area (Å²) in [4.78, 5) is 2.35. The Labute approximate surface area is 127 Å². The van der Waals surface area contributed by atoms with Crippen molar-refractivity contribution >= 4 is 11.5 Å². The molecule has 1 aromatic heterocycles. The van der Waals surface area contributed by atoms with E-state index in [0.717, 1.165) is 49.7 Å². The Balaban J connectivity index is 2.33. The lowest BCUT2D eigenvalue weighted by molar-refractivity contribution is 0.581. The molecule has 0 atom stereocenters. The minimum absolute atomic E-state index is 0.813. The van der Waals surface area contributed by atoms with E-state index in [9.17, 15) is 0 Å². The number of benzene rings is 1. The van der Waals surface area contributed by atoms with Crippen LogP contribution in [0.25, 0.3) is 0 Å². The number of nitrogens with zero attached hydrogens (tertiary/aromatic N) is 3. The van der Waals surface area contributed by atoms with Crippen molar-refractivity contribution < 1.29 is 0 Å². The molecule has 114 valence electrons. The van der Waals surface area contributed by atoms with E-state index in [1.54, 1.807) is 0 Å². The fourth-order valence-electron chi connectivity index (χ4n) is 2.62. The van der Waals surface area contributed by atoms with Gasteiger partial charge in [-0.15, -0.1) is 0 Å². The van der Waals surface area contributed by atoms with E-state index in [1.165, 1.54) is 5.56 Å². The predicted molar refractivity (Wildman–Crippen MR) is 89.5 cm³/mol. The minimum atomic E-state index is 0.813. The molecule has 0 fully saturated rings. The van der Waals surface area contributed by atoms with Gasteiger partial charge in [-0.3, -0.25) is 0 Å². The van der Waals surface area contributed by atoms with Crippen LogP contribution >= 0.6 is 0 Å². The van der Waals surface area contributed by atoms with Gasteiger partial charge in [-0.1, -0.05) is 44.2 Å². The van der Waals surface area contributed by atoms with Crippen LogP contribution < -0.4 is 10.6 Å². The molecule has 2 N–H and O–H groups in total. The van der Waals surface area contributed by atoms with Gasteiger partial charge in [0, 0.05) is 19.6 Å². The third-order valence-electron chi connectivity index (χ3n) is 3.59. The molecule has 2 aromatic rings. The maximum atomic E-state index is 6.29. The van der Waals surface area contributed by atoms with Crippen LogP contribution in [0.15, 0.2) is 30.3 Å². The molecule has 4 nitrogen and oxygen atoms in total.